The zero-order valence-corrected chi connectivity index (χ0v) is 7.59. The normalized spacial score (nSPS) is 4.80. The van der Waals surface area contributed by atoms with E-state index in [1.54, 1.807) is 0 Å². The minimum absolute atomic E-state index is 0. The van der Waals surface area contributed by atoms with Crippen LogP contribution >= 0.6 is 0 Å². The molecule has 0 amide bonds. The molecular weight excluding hydrogens is 147 g/mol. The molecule has 0 saturated carbocycles. The van der Waals surface area contributed by atoms with Gasteiger partial charge in [0.15, 0.2) is 0 Å². The van der Waals surface area contributed by atoms with Crippen LogP contribution in [-0.2, 0) is 0 Å². The van der Waals surface area contributed by atoms with Crippen molar-refractivity contribution in [2.24, 2.45) is 0 Å². The van der Waals surface area contributed by atoms with Gasteiger partial charge in [-0.1, -0.05) is 0 Å². The molecule has 4 nitrogen and oxygen atoms in total. The zero-order chi connectivity index (χ0) is 3.58. The number of hydrogen-bond acceptors (Lipinski definition) is 3. The molecule has 0 unspecified atom stereocenters. The Morgan fingerprint density at radius 2 is 1.40 bits per heavy atom. The smallest absolute Gasteiger partial charge is 0.356 e. The van der Waals surface area contributed by atoms with E-state index in [9.17, 15) is 0 Å². The van der Waals surface area contributed by atoms with E-state index in [4.69, 9.17) is 15.3 Å². The molecule has 24 valence electrons. The van der Waals surface area contributed by atoms with Crippen LogP contribution < -0.4 is 58.2 Å². The van der Waals surface area contributed by atoms with Crippen molar-refractivity contribution in [1.82, 2.24) is 0 Å². The largest absolute Gasteiger partial charge is 1.00 e. The first-order valence-electron chi connectivity index (χ1n) is 0.548. The molecule has 0 spiro atoms. The van der Waals surface area contributed by atoms with E-state index in [0.717, 1.165) is 0 Å². The summed E-state index contributed by atoms with van der Waals surface area (Å²) in [5.41, 5.74) is 0. The first-order valence-corrected chi connectivity index (χ1v) is 0.548. The van der Waals surface area contributed by atoms with Gasteiger partial charge >= 0.3 is 58.2 Å². The van der Waals surface area contributed by atoms with E-state index in [1.165, 1.54) is 0 Å². The van der Waals surface area contributed by atoms with Gasteiger partial charge in [0.25, 0.3) is 0 Å². The standard InChI is InChI=1S/NO3.Rb/c2-1(3)4;/q-1;+1. The van der Waals surface area contributed by atoms with Gasteiger partial charge in [-0.25, -0.2) is 0 Å². The van der Waals surface area contributed by atoms with Gasteiger partial charge in [0.2, 0.25) is 0 Å². The van der Waals surface area contributed by atoms with Crippen molar-refractivity contribution >= 4 is 0 Å². The molecule has 0 aromatic heterocycles. The maximum atomic E-state index is 8.25. The maximum absolute atomic E-state index is 8.25. The summed E-state index contributed by atoms with van der Waals surface area (Å²) in [4.78, 5) is 8.25. The molecule has 0 bridgehead atoms. The van der Waals surface area contributed by atoms with E-state index in [0.29, 0.717) is 0 Å². The van der Waals surface area contributed by atoms with Gasteiger partial charge in [-0.05, 0) is 0 Å². The molecular formula is NO3Rb. The molecule has 0 fully saturated rings. The predicted octanol–water partition coefficient (Wildman–Crippen LogP) is -3.24. The molecule has 5 heteroatoms. The first kappa shape index (κ1) is 9.38. The van der Waals surface area contributed by atoms with Crippen LogP contribution in [0.5, 0.6) is 0 Å². The first-order chi connectivity index (χ1) is 1.73. The number of nitrogens with zero attached hydrogens (tertiary/aromatic N) is 1. The molecule has 0 aromatic carbocycles. The molecule has 0 aliphatic rings. The zero-order valence-electron chi connectivity index (χ0n) is 2.67. The van der Waals surface area contributed by atoms with Crippen molar-refractivity contribution in [2.75, 3.05) is 0 Å². The minimum atomic E-state index is -1.75. The van der Waals surface area contributed by atoms with Crippen molar-refractivity contribution in [3.63, 3.8) is 0 Å². The Bertz CT molecular complexity index is 29.9. The fourth-order valence-electron chi connectivity index (χ4n) is 0. The molecule has 0 aliphatic heterocycles. The van der Waals surface area contributed by atoms with Crippen molar-refractivity contribution in [1.29, 1.82) is 0 Å². The van der Waals surface area contributed by atoms with Gasteiger partial charge < -0.3 is 15.3 Å². The summed E-state index contributed by atoms with van der Waals surface area (Å²) >= 11 is 0. The molecule has 0 atom stereocenters. The summed E-state index contributed by atoms with van der Waals surface area (Å²) in [5.74, 6) is 0. The van der Waals surface area contributed by atoms with E-state index >= 15 is 0 Å². The van der Waals surface area contributed by atoms with Crippen LogP contribution in [0.25, 0.3) is 0 Å². The third-order valence-electron chi connectivity index (χ3n) is 0. The molecule has 0 N–H and O–H groups in total. The third kappa shape index (κ3) is 44.7. The van der Waals surface area contributed by atoms with Crippen LogP contribution in [0.3, 0.4) is 0 Å². The van der Waals surface area contributed by atoms with E-state index < -0.39 is 5.09 Å². The summed E-state index contributed by atoms with van der Waals surface area (Å²) in [7, 11) is 0. The van der Waals surface area contributed by atoms with Crippen molar-refractivity contribution in [3.05, 3.63) is 15.3 Å². The Kier molecular flexibility index (Phi) is 9.39. The number of hydrogen-bond donors (Lipinski definition) is 0. The van der Waals surface area contributed by atoms with E-state index in [-0.39, 0.29) is 58.2 Å². The van der Waals surface area contributed by atoms with Crippen molar-refractivity contribution in [2.45, 2.75) is 0 Å². The topological polar surface area (TPSA) is 66.2 Å². The van der Waals surface area contributed by atoms with Crippen LogP contribution in [0.15, 0.2) is 0 Å². The van der Waals surface area contributed by atoms with Gasteiger partial charge in [-0.3, -0.25) is 0 Å². The SMILES string of the molecule is O=[N+]([O-])[O-].[Rb+]. The van der Waals surface area contributed by atoms with Gasteiger partial charge in [0.05, 0.1) is 5.09 Å². The quantitative estimate of drug-likeness (QED) is 0.267. The Morgan fingerprint density at radius 3 is 1.40 bits per heavy atom. The van der Waals surface area contributed by atoms with Gasteiger partial charge in [-0.2, -0.15) is 0 Å². The summed E-state index contributed by atoms with van der Waals surface area (Å²) < 4.78 is 0. The average Bonchev–Trinajstić information content (AvgIpc) is 0.811. The minimum Gasteiger partial charge on any atom is -0.356 e. The maximum Gasteiger partial charge on any atom is 1.00 e. The molecule has 5 heavy (non-hydrogen) atoms. The second-order valence-electron chi connectivity index (χ2n) is 0.224. The van der Waals surface area contributed by atoms with Crippen LogP contribution in [0.2, 0.25) is 0 Å². The molecule has 0 rings (SSSR count). The van der Waals surface area contributed by atoms with E-state index in [2.05, 4.69) is 0 Å². The summed E-state index contributed by atoms with van der Waals surface area (Å²) in [6.07, 6.45) is 0. The van der Waals surface area contributed by atoms with Gasteiger partial charge in [-0.15, -0.1) is 0 Å². The Hall–Kier alpha value is 1.01. The fourth-order valence-corrected chi connectivity index (χ4v) is 0. The summed E-state index contributed by atoms with van der Waals surface area (Å²) in [6.45, 7) is 0. The van der Waals surface area contributed by atoms with Crippen molar-refractivity contribution < 1.29 is 63.3 Å². The Labute approximate surface area is 77.1 Å². The predicted molar refractivity (Wildman–Crippen MR) is 10.4 cm³/mol. The van der Waals surface area contributed by atoms with Crippen LogP contribution in [0, 0.1) is 15.3 Å². The molecule has 0 heterocycles. The van der Waals surface area contributed by atoms with Crippen LogP contribution in [-0.4, -0.2) is 5.09 Å². The second-order valence-corrected chi connectivity index (χ2v) is 0.224. The summed E-state index contributed by atoms with van der Waals surface area (Å²) in [6, 6.07) is 0. The van der Waals surface area contributed by atoms with Gasteiger partial charge in [0.1, 0.15) is 0 Å². The fraction of sp³-hybridized carbons (Fsp3) is 0. The molecule has 0 aliphatic carbocycles. The van der Waals surface area contributed by atoms with Crippen LogP contribution in [0.1, 0.15) is 0 Å². The summed E-state index contributed by atoms with van der Waals surface area (Å²) in [5, 5.41) is 14.8. The van der Waals surface area contributed by atoms with E-state index in [1.807, 2.05) is 0 Å². The molecule has 0 aromatic rings. The average molecular weight is 147 g/mol. The second kappa shape index (κ2) is 5.01. The monoisotopic (exact) mass is 147 g/mol. The Balaban J connectivity index is 0. The van der Waals surface area contributed by atoms with Crippen molar-refractivity contribution in [3.8, 4) is 0 Å². The number of rotatable bonds is 0. The van der Waals surface area contributed by atoms with Gasteiger partial charge in [0, 0.05) is 0 Å². The Morgan fingerprint density at radius 1 is 1.40 bits per heavy atom. The third-order valence-corrected chi connectivity index (χ3v) is 0. The molecule has 0 saturated heterocycles. The molecule has 0 radical (unpaired) electrons. The van der Waals surface area contributed by atoms with Crippen LogP contribution in [0.4, 0.5) is 0 Å².